The molecule has 0 radical (unpaired) electrons. The summed E-state index contributed by atoms with van der Waals surface area (Å²) >= 11 is 0. The first kappa shape index (κ1) is 18.4. The van der Waals surface area contributed by atoms with E-state index in [2.05, 4.69) is 6.07 Å². The Morgan fingerprint density at radius 1 is 1.23 bits per heavy atom. The Labute approximate surface area is 153 Å². The van der Waals surface area contributed by atoms with Crippen LogP contribution in [-0.4, -0.2) is 35.7 Å². The number of likely N-dealkylation sites (tertiary alicyclic amines) is 1. The van der Waals surface area contributed by atoms with Gasteiger partial charge >= 0.3 is 5.97 Å². The van der Waals surface area contributed by atoms with Crippen LogP contribution in [-0.2, 0) is 4.79 Å². The van der Waals surface area contributed by atoms with Crippen LogP contribution in [0, 0.1) is 19.7 Å². The van der Waals surface area contributed by atoms with E-state index >= 15 is 0 Å². The maximum Gasteiger partial charge on any atom is 0.320 e. The Balaban J connectivity index is 2.19. The highest BCUT2D eigenvalue weighted by atomic mass is 19.1. The zero-order valence-corrected chi connectivity index (χ0v) is 15.3. The third-order valence-corrected chi connectivity index (χ3v) is 4.96. The van der Waals surface area contributed by atoms with E-state index < -0.39 is 12.0 Å². The lowest BCUT2D eigenvalue weighted by molar-refractivity contribution is -0.142. The summed E-state index contributed by atoms with van der Waals surface area (Å²) in [5.74, 6) is -0.639. The number of carboxylic acid groups (broad SMARTS) is 1. The first-order chi connectivity index (χ1) is 12.4. The van der Waals surface area contributed by atoms with Crippen LogP contribution >= 0.6 is 0 Å². The molecule has 0 saturated carbocycles. The molecule has 1 aliphatic heterocycles. The Hall–Kier alpha value is -2.40. The molecule has 2 atom stereocenters. The Morgan fingerprint density at radius 3 is 2.54 bits per heavy atom. The molecule has 1 N–H and O–H groups in total. The summed E-state index contributed by atoms with van der Waals surface area (Å²) < 4.78 is 19.5. The van der Waals surface area contributed by atoms with Crippen LogP contribution in [0.5, 0.6) is 5.75 Å². The number of methoxy groups -OCH3 is 1. The molecule has 0 spiro atoms. The van der Waals surface area contributed by atoms with Gasteiger partial charge in [-0.25, -0.2) is 4.39 Å². The molecule has 1 aliphatic rings. The van der Waals surface area contributed by atoms with Crippen LogP contribution in [0.25, 0.3) is 0 Å². The number of aryl methyl sites for hydroxylation is 2. The van der Waals surface area contributed by atoms with Gasteiger partial charge in [0.2, 0.25) is 0 Å². The zero-order valence-electron chi connectivity index (χ0n) is 15.3. The van der Waals surface area contributed by atoms with Gasteiger partial charge in [-0.15, -0.1) is 0 Å². The van der Waals surface area contributed by atoms with E-state index in [9.17, 15) is 14.3 Å². The van der Waals surface area contributed by atoms with Crippen LogP contribution in [0.2, 0.25) is 0 Å². The van der Waals surface area contributed by atoms with Crippen LogP contribution in [0.3, 0.4) is 0 Å². The number of ether oxygens (including phenoxy) is 1. The van der Waals surface area contributed by atoms with Gasteiger partial charge in [-0.05, 0) is 50.5 Å². The number of hydrogen-bond acceptors (Lipinski definition) is 3. The van der Waals surface area contributed by atoms with Gasteiger partial charge < -0.3 is 9.84 Å². The molecule has 0 aliphatic carbocycles. The van der Waals surface area contributed by atoms with Crippen molar-refractivity contribution < 1.29 is 19.0 Å². The van der Waals surface area contributed by atoms with Gasteiger partial charge in [0.15, 0.2) is 0 Å². The lowest BCUT2D eigenvalue weighted by atomic mass is 9.93. The van der Waals surface area contributed by atoms with Crippen molar-refractivity contribution >= 4 is 5.97 Å². The minimum atomic E-state index is -0.841. The zero-order chi connectivity index (χ0) is 18.8. The van der Waals surface area contributed by atoms with Crippen molar-refractivity contribution in [3.8, 4) is 5.75 Å². The standard InChI is InChI=1S/C21H24FNO3/c1-13-9-14(2)11-15(10-13)20(23-8-4-5-18(23)21(24)25)17-12-16(22)6-7-19(17)26-3/h6-7,9-12,18,20H,4-5,8H2,1-3H3,(H,24,25). The summed E-state index contributed by atoms with van der Waals surface area (Å²) in [5, 5.41) is 9.67. The number of halogens is 1. The molecule has 138 valence electrons. The summed E-state index contributed by atoms with van der Waals surface area (Å²) in [6, 6.07) is 9.61. The summed E-state index contributed by atoms with van der Waals surface area (Å²) in [5.41, 5.74) is 3.79. The van der Waals surface area contributed by atoms with E-state index in [0.717, 1.165) is 23.1 Å². The normalized spacial score (nSPS) is 18.7. The van der Waals surface area contributed by atoms with Crippen molar-refractivity contribution in [3.63, 3.8) is 0 Å². The number of nitrogens with zero attached hydrogens (tertiary/aromatic N) is 1. The first-order valence-corrected chi connectivity index (χ1v) is 8.81. The van der Waals surface area contributed by atoms with Gasteiger partial charge in [-0.1, -0.05) is 29.3 Å². The average Bonchev–Trinajstić information content (AvgIpc) is 3.04. The van der Waals surface area contributed by atoms with Gasteiger partial charge in [0, 0.05) is 12.1 Å². The smallest absolute Gasteiger partial charge is 0.320 e. The number of hydrogen-bond donors (Lipinski definition) is 1. The van der Waals surface area contributed by atoms with E-state index in [-0.39, 0.29) is 11.9 Å². The number of carbonyl (C=O) groups is 1. The third-order valence-electron chi connectivity index (χ3n) is 4.96. The molecule has 0 bridgehead atoms. The molecule has 0 aromatic heterocycles. The molecule has 3 rings (SSSR count). The summed E-state index contributed by atoms with van der Waals surface area (Å²) in [4.78, 5) is 13.7. The molecular formula is C21H24FNO3. The van der Waals surface area contributed by atoms with Crippen LogP contribution in [0.15, 0.2) is 36.4 Å². The highest BCUT2D eigenvalue weighted by Crippen LogP contribution is 2.39. The monoisotopic (exact) mass is 357 g/mol. The largest absolute Gasteiger partial charge is 0.496 e. The Bertz CT molecular complexity index is 801. The molecule has 2 unspecified atom stereocenters. The predicted octanol–water partition coefficient (Wildman–Crippen LogP) is 4.09. The minimum Gasteiger partial charge on any atom is -0.496 e. The minimum absolute atomic E-state index is 0.360. The fourth-order valence-electron chi connectivity index (χ4n) is 4.00. The topological polar surface area (TPSA) is 49.8 Å². The van der Waals surface area contributed by atoms with Gasteiger partial charge in [0.1, 0.15) is 17.6 Å². The van der Waals surface area contributed by atoms with Crippen molar-refractivity contribution in [2.24, 2.45) is 0 Å². The molecule has 5 heteroatoms. The molecule has 1 fully saturated rings. The van der Waals surface area contributed by atoms with E-state index in [1.165, 1.54) is 12.1 Å². The van der Waals surface area contributed by atoms with Gasteiger partial charge in [-0.2, -0.15) is 0 Å². The summed E-state index contributed by atoms with van der Waals surface area (Å²) in [6.45, 7) is 4.67. The van der Waals surface area contributed by atoms with Crippen molar-refractivity contribution in [2.75, 3.05) is 13.7 Å². The number of carboxylic acids is 1. The van der Waals surface area contributed by atoms with Gasteiger partial charge in [0.05, 0.1) is 13.2 Å². The molecule has 1 heterocycles. The summed E-state index contributed by atoms with van der Waals surface area (Å²) in [7, 11) is 1.55. The number of rotatable bonds is 5. The van der Waals surface area contributed by atoms with Crippen molar-refractivity contribution in [1.29, 1.82) is 0 Å². The van der Waals surface area contributed by atoms with E-state index in [4.69, 9.17) is 4.74 Å². The average molecular weight is 357 g/mol. The molecular weight excluding hydrogens is 333 g/mol. The molecule has 1 saturated heterocycles. The fraction of sp³-hybridized carbons (Fsp3) is 0.381. The summed E-state index contributed by atoms with van der Waals surface area (Å²) in [6.07, 6.45) is 1.39. The second kappa shape index (κ2) is 7.46. The second-order valence-corrected chi connectivity index (χ2v) is 6.94. The second-order valence-electron chi connectivity index (χ2n) is 6.94. The van der Waals surface area contributed by atoms with Crippen LogP contribution < -0.4 is 4.74 Å². The third kappa shape index (κ3) is 3.58. The lowest BCUT2D eigenvalue weighted by Crippen LogP contribution is -2.39. The van der Waals surface area contributed by atoms with Gasteiger partial charge in [0.25, 0.3) is 0 Å². The number of aliphatic carboxylic acids is 1. The van der Waals surface area contributed by atoms with Crippen molar-refractivity contribution in [1.82, 2.24) is 4.90 Å². The van der Waals surface area contributed by atoms with E-state index in [1.54, 1.807) is 13.2 Å². The molecule has 2 aromatic carbocycles. The Kier molecular flexibility index (Phi) is 5.28. The maximum atomic E-state index is 14.1. The molecule has 26 heavy (non-hydrogen) atoms. The molecule has 4 nitrogen and oxygen atoms in total. The molecule has 0 amide bonds. The lowest BCUT2D eigenvalue weighted by Gasteiger charge is -2.33. The van der Waals surface area contributed by atoms with Crippen LogP contribution in [0.1, 0.15) is 41.1 Å². The first-order valence-electron chi connectivity index (χ1n) is 8.81. The SMILES string of the molecule is COc1ccc(F)cc1C(c1cc(C)cc(C)c1)N1CCCC1C(=O)O. The maximum absolute atomic E-state index is 14.1. The van der Waals surface area contributed by atoms with Gasteiger partial charge in [-0.3, -0.25) is 9.69 Å². The van der Waals surface area contributed by atoms with Crippen molar-refractivity contribution in [3.05, 3.63) is 64.5 Å². The van der Waals surface area contributed by atoms with E-state index in [0.29, 0.717) is 24.3 Å². The fourth-order valence-corrected chi connectivity index (χ4v) is 4.00. The highest BCUT2D eigenvalue weighted by molar-refractivity contribution is 5.74. The quantitative estimate of drug-likeness (QED) is 0.876. The molecule has 2 aromatic rings. The van der Waals surface area contributed by atoms with E-state index in [1.807, 2.05) is 30.9 Å². The number of benzene rings is 2. The predicted molar refractivity (Wildman–Crippen MR) is 98.1 cm³/mol. The van der Waals surface area contributed by atoms with Crippen molar-refractivity contribution in [2.45, 2.75) is 38.8 Å². The highest BCUT2D eigenvalue weighted by Gasteiger charge is 2.38. The van der Waals surface area contributed by atoms with Crippen LogP contribution in [0.4, 0.5) is 4.39 Å². The Morgan fingerprint density at radius 2 is 1.92 bits per heavy atom.